The van der Waals surface area contributed by atoms with Crippen LogP contribution in [0.5, 0.6) is 0 Å². The maximum absolute atomic E-state index is 6.49. The molecular weight excluding hydrogens is 230 g/mol. The molecule has 0 aromatic carbocycles. The Kier molecular flexibility index (Phi) is 3.63. The van der Waals surface area contributed by atoms with E-state index < -0.39 is 0 Å². The second-order valence-electron chi connectivity index (χ2n) is 6.30. The van der Waals surface area contributed by atoms with Gasteiger partial charge in [0.25, 0.3) is 0 Å². The van der Waals surface area contributed by atoms with Crippen molar-refractivity contribution in [3.63, 3.8) is 0 Å². The molecule has 0 bridgehead atoms. The third-order valence-corrected chi connectivity index (χ3v) is 4.92. The molecule has 1 spiro atoms. The first-order valence-electron chi connectivity index (χ1n) is 7.27. The maximum atomic E-state index is 6.49. The average Bonchev–Trinajstić information content (AvgIpc) is 2.98. The van der Waals surface area contributed by atoms with Gasteiger partial charge in [-0.1, -0.05) is 0 Å². The van der Waals surface area contributed by atoms with Crippen LogP contribution in [0.2, 0.25) is 0 Å². The summed E-state index contributed by atoms with van der Waals surface area (Å²) in [6.45, 7) is 5.41. The SMILES string of the molecule is CC1CC(C(N)C2CCOC3(CCOC3)C2)CO1. The first-order valence-corrected chi connectivity index (χ1v) is 7.27. The van der Waals surface area contributed by atoms with Crippen molar-refractivity contribution in [2.75, 3.05) is 26.4 Å². The Balaban J connectivity index is 1.61. The fraction of sp³-hybridized carbons (Fsp3) is 1.00. The Morgan fingerprint density at radius 1 is 1.28 bits per heavy atom. The lowest BCUT2D eigenvalue weighted by atomic mass is 9.77. The second-order valence-corrected chi connectivity index (χ2v) is 6.30. The van der Waals surface area contributed by atoms with Gasteiger partial charge in [-0.25, -0.2) is 0 Å². The van der Waals surface area contributed by atoms with E-state index in [2.05, 4.69) is 6.92 Å². The average molecular weight is 255 g/mol. The number of ether oxygens (including phenoxy) is 3. The van der Waals surface area contributed by atoms with E-state index in [1.807, 2.05) is 0 Å². The Hall–Kier alpha value is -0.160. The van der Waals surface area contributed by atoms with Gasteiger partial charge in [-0.3, -0.25) is 0 Å². The maximum Gasteiger partial charge on any atom is 0.0939 e. The lowest BCUT2D eigenvalue weighted by Crippen LogP contribution is -2.48. The molecule has 3 rings (SSSR count). The van der Waals surface area contributed by atoms with Crippen LogP contribution >= 0.6 is 0 Å². The second kappa shape index (κ2) is 5.08. The Labute approximate surface area is 109 Å². The number of hydrogen-bond acceptors (Lipinski definition) is 4. The molecule has 18 heavy (non-hydrogen) atoms. The minimum atomic E-state index is -0.0222. The van der Waals surface area contributed by atoms with E-state index in [1.54, 1.807) is 0 Å². The normalized spacial score (nSPS) is 46.7. The molecule has 5 unspecified atom stereocenters. The lowest BCUT2D eigenvalue weighted by Gasteiger charge is -2.40. The van der Waals surface area contributed by atoms with Crippen molar-refractivity contribution < 1.29 is 14.2 Å². The molecule has 2 N–H and O–H groups in total. The van der Waals surface area contributed by atoms with Gasteiger partial charge in [-0.2, -0.15) is 0 Å². The minimum Gasteiger partial charge on any atom is -0.378 e. The molecule has 104 valence electrons. The molecule has 3 fully saturated rings. The summed E-state index contributed by atoms with van der Waals surface area (Å²) in [4.78, 5) is 0. The molecule has 4 heteroatoms. The summed E-state index contributed by atoms with van der Waals surface area (Å²) in [5, 5.41) is 0. The van der Waals surface area contributed by atoms with Crippen LogP contribution in [0.3, 0.4) is 0 Å². The van der Waals surface area contributed by atoms with Gasteiger partial charge in [0.15, 0.2) is 0 Å². The highest BCUT2D eigenvalue weighted by atomic mass is 16.6. The molecule has 3 aliphatic rings. The van der Waals surface area contributed by atoms with Crippen LogP contribution in [0, 0.1) is 11.8 Å². The van der Waals surface area contributed by atoms with E-state index >= 15 is 0 Å². The predicted molar refractivity (Wildman–Crippen MR) is 68.3 cm³/mol. The monoisotopic (exact) mass is 255 g/mol. The first-order chi connectivity index (χ1) is 8.69. The summed E-state index contributed by atoms with van der Waals surface area (Å²) >= 11 is 0. The van der Waals surface area contributed by atoms with Crippen LogP contribution in [0.1, 0.15) is 32.6 Å². The molecule has 3 aliphatic heterocycles. The molecule has 0 amide bonds. The van der Waals surface area contributed by atoms with Crippen molar-refractivity contribution >= 4 is 0 Å². The fourth-order valence-electron chi connectivity index (χ4n) is 3.76. The van der Waals surface area contributed by atoms with Crippen LogP contribution in [-0.2, 0) is 14.2 Å². The summed E-state index contributed by atoms with van der Waals surface area (Å²) in [5.41, 5.74) is 6.47. The van der Waals surface area contributed by atoms with Crippen molar-refractivity contribution in [1.29, 1.82) is 0 Å². The third kappa shape index (κ3) is 2.44. The quantitative estimate of drug-likeness (QED) is 0.808. The Bertz CT molecular complexity index is 291. The van der Waals surface area contributed by atoms with Gasteiger partial charge in [-0.15, -0.1) is 0 Å². The van der Waals surface area contributed by atoms with Crippen LogP contribution < -0.4 is 5.73 Å². The summed E-state index contributed by atoms with van der Waals surface area (Å²) in [6, 6.07) is 0.260. The molecule has 0 aromatic heterocycles. The van der Waals surface area contributed by atoms with E-state index in [9.17, 15) is 0 Å². The van der Waals surface area contributed by atoms with Gasteiger partial charge in [0, 0.05) is 31.6 Å². The van der Waals surface area contributed by atoms with E-state index in [-0.39, 0.29) is 11.6 Å². The Morgan fingerprint density at radius 3 is 2.83 bits per heavy atom. The van der Waals surface area contributed by atoms with Gasteiger partial charge in [-0.05, 0) is 32.1 Å². The van der Waals surface area contributed by atoms with Gasteiger partial charge < -0.3 is 19.9 Å². The van der Waals surface area contributed by atoms with Gasteiger partial charge in [0.05, 0.1) is 24.9 Å². The van der Waals surface area contributed by atoms with Crippen LogP contribution in [-0.4, -0.2) is 44.2 Å². The van der Waals surface area contributed by atoms with Crippen molar-refractivity contribution in [3.05, 3.63) is 0 Å². The largest absolute Gasteiger partial charge is 0.378 e. The molecule has 3 heterocycles. The molecule has 0 saturated carbocycles. The molecule has 0 aromatic rings. The highest BCUT2D eigenvalue weighted by Gasteiger charge is 2.44. The van der Waals surface area contributed by atoms with Crippen molar-refractivity contribution in [2.24, 2.45) is 17.6 Å². The standard InChI is InChI=1S/C14H25NO3/c1-10-6-12(8-17-10)13(15)11-2-4-18-14(7-11)3-5-16-9-14/h10-13H,2-9,15H2,1H3. The van der Waals surface area contributed by atoms with E-state index in [0.29, 0.717) is 17.9 Å². The smallest absolute Gasteiger partial charge is 0.0939 e. The number of nitrogens with two attached hydrogens (primary N) is 1. The topological polar surface area (TPSA) is 53.7 Å². The third-order valence-electron chi connectivity index (χ3n) is 4.92. The van der Waals surface area contributed by atoms with Gasteiger partial charge in [0.1, 0.15) is 0 Å². The van der Waals surface area contributed by atoms with Gasteiger partial charge >= 0.3 is 0 Å². The first kappa shape index (κ1) is 12.9. The molecule has 3 saturated heterocycles. The summed E-state index contributed by atoms with van der Waals surface area (Å²) in [5.74, 6) is 1.10. The van der Waals surface area contributed by atoms with Crippen LogP contribution in [0.25, 0.3) is 0 Å². The van der Waals surface area contributed by atoms with Crippen LogP contribution in [0.4, 0.5) is 0 Å². The molecular formula is C14H25NO3. The zero-order valence-corrected chi connectivity index (χ0v) is 11.3. The molecule has 4 nitrogen and oxygen atoms in total. The van der Waals surface area contributed by atoms with E-state index in [4.69, 9.17) is 19.9 Å². The minimum absolute atomic E-state index is 0.0222. The zero-order chi connectivity index (χ0) is 12.6. The summed E-state index contributed by atoms with van der Waals surface area (Å²) in [7, 11) is 0. The van der Waals surface area contributed by atoms with Crippen molar-refractivity contribution in [2.45, 2.75) is 50.4 Å². The lowest BCUT2D eigenvalue weighted by molar-refractivity contribution is -0.103. The van der Waals surface area contributed by atoms with E-state index in [1.165, 1.54) is 0 Å². The molecule has 5 atom stereocenters. The highest BCUT2D eigenvalue weighted by molar-refractivity contribution is 4.95. The van der Waals surface area contributed by atoms with Crippen molar-refractivity contribution in [3.8, 4) is 0 Å². The van der Waals surface area contributed by atoms with Gasteiger partial charge in [0.2, 0.25) is 0 Å². The molecule has 0 aliphatic carbocycles. The predicted octanol–water partition coefficient (Wildman–Crippen LogP) is 1.32. The molecule has 0 radical (unpaired) electrons. The number of rotatable bonds is 2. The fourth-order valence-corrected chi connectivity index (χ4v) is 3.76. The van der Waals surface area contributed by atoms with Crippen molar-refractivity contribution in [1.82, 2.24) is 0 Å². The number of hydrogen-bond donors (Lipinski definition) is 1. The summed E-state index contributed by atoms with van der Waals surface area (Å²) in [6.07, 6.45) is 4.69. The highest BCUT2D eigenvalue weighted by Crippen LogP contribution is 2.39. The van der Waals surface area contributed by atoms with E-state index in [0.717, 1.165) is 52.1 Å². The van der Waals surface area contributed by atoms with Crippen LogP contribution in [0.15, 0.2) is 0 Å². The Morgan fingerprint density at radius 2 is 2.17 bits per heavy atom. The summed E-state index contributed by atoms with van der Waals surface area (Å²) < 4.78 is 17.2. The zero-order valence-electron chi connectivity index (χ0n) is 11.3.